The highest BCUT2D eigenvalue weighted by Crippen LogP contribution is 2.13. The molecule has 25 heavy (non-hydrogen) atoms. The normalized spacial score (nSPS) is 16.6. The summed E-state index contributed by atoms with van der Waals surface area (Å²) < 4.78 is 12.9. The molecule has 2 rings (SSSR count). The molecule has 2 amide bonds. The van der Waals surface area contributed by atoms with Crippen LogP contribution in [-0.2, 0) is 9.59 Å². The zero-order chi connectivity index (χ0) is 18.2. The fraction of sp³-hybridized carbons (Fsp3) is 0.421. The Kier molecular flexibility index (Phi) is 6.70. The van der Waals surface area contributed by atoms with Crippen molar-refractivity contribution in [3.63, 3.8) is 0 Å². The van der Waals surface area contributed by atoms with Gasteiger partial charge in [0.05, 0.1) is 0 Å². The monoisotopic (exact) mass is 344 g/mol. The van der Waals surface area contributed by atoms with E-state index in [-0.39, 0.29) is 36.5 Å². The van der Waals surface area contributed by atoms with Gasteiger partial charge in [-0.15, -0.1) is 0 Å². The van der Waals surface area contributed by atoms with E-state index in [9.17, 15) is 18.8 Å². The van der Waals surface area contributed by atoms with Gasteiger partial charge in [-0.2, -0.15) is 0 Å². The van der Waals surface area contributed by atoms with Crippen LogP contribution in [-0.4, -0.2) is 41.6 Å². The highest BCUT2D eigenvalue weighted by molar-refractivity contribution is 5.98. The van der Waals surface area contributed by atoms with Crippen molar-refractivity contribution in [3.8, 4) is 11.8 Å². The van der Waals surface area contributed by atoms with Crippen molar-refractivity contribution in [3.05, 3.63) is 35.6 Å². The Labute approximate surface area is 146 Å². The third-order valence-electron chi connectivity index (χ3n) is 4.08. The minimum absolute atomic E-state index is 0.0826. The average molecular weight is 344 g/mol. The molecule has 1 unspecified atom stereocenters. The number of carbonyl (C=O) groups excluding carboxylic acids is 3. The molecular weight excluding hydrogens is 323 g/mol. The molecule has 132 valence electrons. The van der Waals surface area contributed by atoms with Gasteiger partial charge in [0.1, 0.15) is 5.82 Å². The second-order valence-corrected chi connectivity index (χ2v) is 5.96. The van der Waals surface area contributed by atoms with Crippen molar-refractivity contribution >= 4 is 17.6 Å². The van der Waals surface area contributed by atoms with Crippen molar-refractivity contribution in [2.75, 3.05) is 13.1 Å². The van der Waals surface area contributed by atoms with Crippen molar-refractivity contribution in [1.82, 2.24) is 10.2 Å². The summed E-state index contributed by atoms with van der Waals surface area (Å²) in [5, 5.41) is 2.79. The van der Waals surface area contributed by atoms with Gasteiger partial charge in [0.25, 0.3) is 5.91 Å². The maximum absolute atomic E-state index is 12.9. The average Bonchev–Trinajstić information content (AvgIpc) is 2.60. The Morgan fingerprint density at radius 3 is 2.64 bits per heavy atom. The fourth-order valence-electron chi connectivity index (χ4n) is 2.82. The topological polar surface area (TPSA) is 66.5 Å². The number of Topliss-reactive ketones (excluding diaryl/α,β-unsaturated/α-hetero) is 1. The Morgan fingerprint density at radius 1 is 1.24 bits per heavy atom. The number of nitrogens with one attached hydrogen (secondary N) is 1. The van der Waals surface area contributed by atoms with Gasteiger partial charge in [0, 0.05) is 37.5 Å². The minimum atomic E-state index is -0.401. The van der Waals surface area contributed by atoms with Crippen molar-refractivity contribution in [2.24, 2.45) is 0 Å². The predicted molar refractivity (Wildman–Crippen MR) is 91.2 cm³/mol. The molecule has 0 aromatic heterocycles. The van der Waals surface area contributed by atoms with Gasteiger partial charge in [-0.1, -0.05) is 5.92 Å². The maximum atomic E-state index is 12.9. The molecule has 6 heteroatoms. The van der Waals surface area contributed by atoms with Gasteiger partial charge in [0.2, 0.25) is 5.91 Å². The van der Waals surface area contributed by atoms with Crippen LogP contribution < -0.4 is 5.32 Å². The molecule has 1 aliphatic heterocycles. The van der Waals surface area contributed by atoms with Crippen LogP contribution in [0.2, 0.25) is 0 Å². The van der Waals surface area contributed by atoms with E-state index in [2.05, 4.69) is 17.2 Å². The van der Waals surface area contributed by atoms with Gasteiger partial charge in [-0.25, -0.2) is 4.39 Å². The van der Waals surface area contributed by atoms with Gasteiger partial charge in [0.15, 0.2) is 5.78 Å². The lowest BCUT2D eigenvalue weighted by Crippen LogP contribution is -2.49. The Morgan fingerprint density at radius 2 is 1.96 bits per heavy atom. The molecular formula is C19H21FN2O3. The third-order valence-corrected chi connectivity index (χ3v) is 4.08. The lowest BCUT2D eigenvalue weighted by Gasteiger charge is -2.32. The van der Waals surface area contributed by atoms with Crippen LogP contribution in [0.4, 0.5) is 4.39 Å². The largest absolute Gasteiger partial charge is 0.341 e. The highest BCUT2D eigenvalue weighted by atomic mass is 19.1. The molecule has 1 aliphatic rings. The second kappa shape index (κ2) is 8.97. The lowest BCUT2D eigenvalue weighted by atomic mass is 10.0. The van der Waals surface area contributed by atoms with Gasteiger partial charge >= 0.3 is 0 Å². The molecule has 1 fully saturated rings. The fourth-order valence-corrected chi connectivity index (χ4v) is 2.82. The summed E-state index contributed by atoms with van der Waals surface area (Å²) in [4.78, 5) is 37.6. The number of nitrogens with zero attached hydrogens (tertiary/aromatic N) is 1. The number of hydrogen-bond donors (Lipinski definition) is 1. The second-order valence-electron chi connectivity index (χ2n) is 5.96. The first kappa shape index (κ1) is 18.7. The first-order valence-electron chi connectivity index (χ1n) is 8.29. The summed E-state index contributed by atoms with van der Waals surface area (Å²) in [6.45, 7) is 2.64. The van der Waals surface area contributed by atoms with E-state index in [1.54, 1.807) is 11.8 Å². The molecule has 1 atom stereocenters. The quantitative estimate of drug-likeness (QED) is 0.655. The van der Waals surface area contributed by atoms with Crippen LogP contribution in [0, 0.1) is 17.7 Å². The van der Waals surface area contributed by atoms with E-state index in [1.165, 1.54) is 24.3 Å². The van der Waals surface area contributed by atoms with Gasteiger partial charge < -0.3 is 10.2 Å². The summed E-state index contributed by atoms with van der Waals surface area (Å²) in [6, 6.07) is 5.18. The van der Waals surface area contributed by atoms with Crippen LogP contribution in [0.25, 0.3) is 0 Å². The van der Waals surface area contributed by atoms with E-state index in [0.717, 1.165) is 12.8 Å². The number of rotatable bonds is 5. The smallest absolute Gasteiger partial charge is 0.296 e. The van der Waals surface area contributed by atoms with E-state index < -0.39 is 5.82 Å². The standard InChI is InChI=1S/C19H21FN2O3/c1-2-4-18(24)21-16-5-3-12-22(13-16)19(25)11-10-17(23)14-6-8-15(20)9-7-14/h6-9,16H,3,5,10-13H2,1H3,(H,21,24). The summed E-state index contributed by atoms with van der Waals surface area (Å²) in [5.74, 6) is 3.92. The lowest BCUT2D eigenvalue weighted by molar-refractivity contribution is -0.133. The first-order chi connectivity index (χ1) is 12.0. The maximum Gasteiger partial charge on any atom is 0.296 e. The number of amides is 2. The molecule has 1 saturated heterocycles. The minimum Gasteiger partial charge on any atom is -0.341 e. The molecule has 5 nitrogen and oxygen atoms in total. The van der Waals surface area contributed by atoms with E-state index >= 15 is 0 Å². The summed E-state index contributed by atoms with van der Waals surface area (Å²) >= 11 is 0. The number of piperidine rings is 1. The number of hydrogen-bond acceptors (Lipinski definition) is 3. The van der Waals surface area contributed by atoms with Crippen LogP contribution in [0.1, 0.15) is 43.0 Å². The van der Waals surface area contributed by atoms with E-state index in [1.807, 2.05) is 0 Å². The van der Waals surface area contributed by atoms with Crippen molar-refractivity contribution in [1.29, 1.82) is 0 Å². The summed E-state index contributed by atoms with van der Waals surface area (Å²) in [5.41, 5.74) is 0.399. The van der Waals surface area contributed by atoms with Gasteiger partial charge in [-0.05, 0) is 50.0 Å². The SMILES string of the molecule is CC#CC(=O)NC1CCCN(C(=O)CCC(=O)c2ccc(F)cc2)C1. The molecule has 0 aliphatic carbocycles. The number of halogens is 1. The van der Waals surface area contributed by atoms with Crippen molar-refractivity contribution < 1.29 is 18.8 Å². The zero-order valence-corrected chi connectivity index (χ0v) is 14.2. The van der Waals surface area contributed by atoms with Crippen LogP contribution in [0.15, 0.2) is 24.3 Å². The molecule has 1 heterocycles. The summed E-state index contributed by atoms with van der Waals surface area (Å²) in [6.07, 6.45) is 1.78. The molecule has 0 saturated carbocycles. The van der Waals surface area contributed by atoms with Crippen LogP contribution >= 0.6 is 0 Å². The van der Waals surface area contributed by atoms with E-state index in [4.69, 9.17) is 0 Å². The third kappa shape index (κ3) is 5.71. The molecule has 1 aromatic rings. The Hall–Kier alpha value is -2.68. The van der Waals surface area contributed by atoms with Crippen LogP contribution in [0.5, 0.6) is 0 Å². The number of likely N-dealkylation sites (tertiary alicyclic amines) is 1. The first-order valence-corrected chi connectivity index (χ1v) is 8.29. The van der Waals surface area contributed by atoms with Crippen LogP contribution in [0.3, 0.4) is 0 Å². The molecule has 0 bridgehead atoms. The Balaban J connectivity index is 1.83. The number of carbonyl (C=O) groups is 3. The summed E-state index contributed by atoms with van der Waals surface area (Å²) in [7, 11) is 0. The zero-order valence-electron chi connectivity index (χ0n) is 14.2. The van der Waals surface area contributed by atoms with Gasteiger partial charge in [-0.3, -0.25) is 14.4 Å². The molecule has 1 aromatic carbocycles. The highest BCUT2D eigenvalue weighted by Gasteiger charge is 2.24. The molecule has 0 spiro atoms. The predicted octanol–water partition coefficient (Wildman–Crippen LogP) is 1.92. The molecule has 0 radical (unpaired) electrons. The number of benzene rings is 1. The van der Waals surface area contributed by atoms with E-state index in [0.29, 0.717) is 18.7 Å². The Bertz CT molecular complexity index is 704. The molecule has 1 N–H and O–H groups in total. The number of ketones is 1. The van der Waals surface area contributed by atoms with Crippen molar-refractivity contribution in [2.45, 2.75) is 38.6 Å².